The number of carbonyl (C=O) groups excluding carboxylic acids is 1. The van der Waals surface area contributed by atoms with Crippen LogP contribution in [0.2, 0.25) is 0 Å². The van der Waals surface area contributed by atoms with E-state index in [9.17, 15) is 4.79 Å². The summed E-state index contributed by atoms with van der Waals surface area (Å²) in [5.74, 6) is 2.04. The molecule has 0 atom stereocenters. The van der Waals surface area contributed by atoms with Crippen molar-refractivity contribution in [3.63, 3.8) is 0 Å². The Kier molecular flexibility index (Phi) is 10.4. The van der Waals surface area contributed by atoms with Gasteiger partial charge in [-0.2, -0.15) is 5.10 Å². The molecule has 5 aliphatic rings. The van der Waals surface area contributed by atoms with Crippen LogP contribution in [0, 0.1) is 0 Å². The molecule has 0 spiro atoms. The smallest absolute Gasteiger partial charge is 0.410 e. The third-order valence-corrected chi connectivity index (χ3v) is 12.9. The summed E-state index contributed by atoms with van der Waals surface area (Å²) < 4.78 is 13.7. The van der Waals surface area contributed by atoms with Gasteiger partial charge in [-0.1, -0.05) is 18.2 Å². The number of benzene rings is 2. The minimum atomic E-state index is -0.435. The van der Waals surface area contributed by atoms with E-state index in [2.05, 4.69) is 29.3 Å². The summed E-state index contributed by atoms with van der Waals surface area (Å²) in [4.78, 5) is 34.1. The minimum absolute atomic E-state index is 0.172. The molecular weight excluding hydrogens is 705 g/mol. The normalized spacial score (nSPS) is 22.3. The van der Waals surface area contributed by atoms with Gasteiger partial charge in [-0.3, -0.25) is 14.7 Å². The molecule has 298 valence electrons. The molecule has 0 aliphatic carbocycles. The van der Waals surface area contributed by atoms with Gasteiger partial charge in [0, 0.05) is 82.1 Å². The van der Waals surface area contributed by atoms with Gasteiger partial charge < -0.3 is 25.0 Å². The molecule has 7 heterocycles. The zero-order valence-electron chi connectivity index (χ0n) is 33.3. The Bertz CT molecular complexity index is 1950. The van der Waals surface area contributed by atoms with Crippen LogP contribution < -0.4 is 10.5 Å². The molecule has 13 nitrogen and oxygen atoms in total. The van der Waals surface area contributed by atoms with Gasteiger partial charge in [0.1, 0.15) is 34.9 Å². The molecule has 0 saturated carbocycles. The van der Waals surface area contributed by atoms with Crippen molar-refractivity contribution >= 4 is 22.9 Å². The topological polar surface area (TPSA) is 121 Å². The van der Waals surface area contributed by atoms with Gasteiger partial charge in [0.15, 0.2) is 5.65 Å². The third-order valence-electron chi connectivity index (χ3n) is 12.9. The van der Waals surface area contributed by atoms with Crippen LogP contribution in [0.5, 0.6) is 11.5 Å². The van der Waals surface area contributed by atoms with E-state index in [4.69, 9.17) is 25.3 Å². The first-order valence-electron chi connectivity index (χ1n) is 20.9. The maximum atomic E-state index is 12.4. The molecule has 2 aromatic heterocycles. The van der Waals surface area contributed by atoms with Gasteiger partial charge in [0.2, 0.25) is 0 Å². The van der Waals surface area contributed by atoms with Crippen molar-refractivity contribution < 1.29 is 14.3 Å². The van der Waals surface area contributed by atoms with Crippen LogP contribution in [0.15, 0.2) is 60.9 Å². The summed E-state index contributed by atoms with van der Waals surface area (Å²) in [5, 5.41) is 5.97. The van der Waals surface area contributed by atoms with E-state index in [1.165, 1.54) is 51.9 Å². The van der Waals surface area contributed by atoms with Gasteiger partial charge in [-0.25, -0.2) is 19.4 Å². The van der Waals surface area contributed by atoms with E-state index in [0.29, 0.717) is 30.0 Å². The highest BCUT2D eigenvalue weighted by atomic mass is 16.6. The largest absolute Gasteiger partial charge is 0.457 e. The lowest BCUT2D eigenvalue weighted by Crippen LogP contribution is -2.65. The van der Waals surface area contributed by atoms with Crippen molar-refractivity contribution in [1.82, 2.24) is 44.2 Å². The molecule has 5 saturated heterocycles. The van der Waals surface area contributed by atoms with Gasteiger partial charge in [-0.05, 0) is 109 Å². The predicted molar refractivity (Wildman–Crippen MR) is 218 cm³/mol. The first-order chi connectivity index (χ1) is 27.1. The van der Waals surface area contributed by atoms with Crippen LogP contribution in [0.1, 0.15) is 65.3 Å². The first kappa shape index (κ1) is 37.3. The number of hydrogen-bond acceptors (Lipinski definition) is 11. The maximum Gasteiger partial charge on any atom is 0.410 e. The summed E-state index contributed by atoms with van der Waals surface area (Å²) in [7, 11) is 0. The lowest BCUT2D eigenvalue weighted by Gasteiger charge is -2.53. The third kappa shape index (κ3) is 7.83. The fraction of sp³-hybridized carbons (Fsp3) is 0.581. The number of hydrogen-bond donors (Lipinski definition) is 1. The Balaban J connectivity index is 0.722. The highest BCUT2D eigenvalue weighted by Crippen LogP contribution is 2.37. The number of nitrogens with zero attached hydrogens (tertiary/aromatic N) is 9. The second-order valence-electron chi connectivity index (χ2n) is 17.6. The first-order valence-corrected chi connectivity index (χ1v) is 20.9. The van der Waals surface area contributed by atoms with E-state index in [0.717, 1.165) is 85.9 Å². The van der Waals surface area contributed by atoms with Crippen LogP contribution in [-0.4, -0.2) is 146 Å². The SMILES string of the molecule is CC(C)(C)OC(=O)N1CC(N2CCC(N3CCC(N4CC(N5CCC(n6nc(-c7ccc(Oc8ccccc8)cc7)c7c(N)ncnc76)CC5)C4)CC3)CC2)C1. The number of fused-ring (bicyclic) bond motifs is 1. The van der Waals surface area contributed by atoms with Crippen molar-refractivity contribution in [3.8, 4) is 22.8 Å². The van der Waals surface area contributed by atoms with E-state index >= 15 is 0 Å². The zero-order chi connectivity index (χ0) is 38.4. The standard InChI is InChI=1S/C43H58N10O3/c1-43(2,3)56-42(54)52-27-35(28-52)49-21-13-31(14-22-49)48-19-15-32(16-20-48)51-25-34(26-51)50-23-17-33(18-24-50)53-41-38(40(44)45-29-46-41)39(47-53)30-9-11-37(12-10-30)55-36-7-5-4-6-8-36/h4-12,29,31-35H,13-28H2,1-3H3,(H2,44,45,46). The summed E-state index contributed by atoms with van der Waals surface area (Å²) in [6.07, 6.45) is 8.51. The summed E-state index contributed by atoms with van der Waals surface area (Å²) in [5.41, 5.74) is 8.63. The Hall–Kier alpha value is -4.30. The Morgan fingerprint density at radius 2 is 1.20 bits per heavy atom. The molecule has 4 aromatic rings. The molecule has 1 amide bonds. The zero-order valence-corrected chi connectivity index (χ0v) is 33.3. The number of nitrogens with two attached hydrogens (primary N) is 1. The number of aromatic nitrogens is 4. The maximum absolute atomic E-state index is 12.4. The summed E-state index contributed by atoms with van der Waals surface area (Å²) in [6.45, 7) is 16.6. The monoisotopic (exact) mass is 762 g/mol. The molecule has 13 heteroatoms. The minimum Gasteiger partial charge on any atom is -0.457 e. The van der Waals surface area contributed by atoms with Crippen molar-refractivity contribution in [3.05, 3.63) is 60.9 Å². The Morgan fingerprint density at radius 3 is 1.80 bits per heavy atom. The molecule has 5 aliphatic heterocycles. The fourth-order valence-corrected chi connectivity index (χ4v) is 9.66. The molecular formula is C43H58N10O3. The van der Waals surface area contributed by atoms with Crippen molar-refractivity contribution in [2.75, 3.05) is 71.2 Å². The van der Waals surface area contributed by atoms with Crippen molar-refractivity contribution in [2.45, 2.75) is 95.1 Å². The fourth-order valence-electron chi connectivity index (χ4n) is 9.66. The second kappa shape index (κ2) is 15.6. The van der Waals surface area contributed by atoms with Gasteiger partial charge in [0.05, 0.1) is 11.4 Å². The van der Waals surface area contributed by atoms with Gasteiger partial charge >= 0.3 is 6.09 Å². The molecule has 0 bridgehead atoms. The number of piperidine rings is 3. The number of para-hydroxylation sites is 1. The Labute approximate surface area is 330 Å². The van der Waals surface area contributed by atoms with Crippen LogP contribution >= 0.6 is 0 Å². The highest BCUT2D eigenvalue weighted by Gasteiger charge is 2.41. The molecule has 56 heavy (non-hydrogen) atoms. The number of amides is 1. The molecule has 5 fully saturated rings. The molecule has 0 unspecified atom stereocenters. The average Bonchev–Trinajstić information content (AvgIpc) is 3.56. The molecule has 9 rings (SSSR count). The number of ether oxygens (including phenoxy) is 2. The van der Waals surface area contributed by atoms with Crippen molar-refractivity contribution in [1.29, 1.82) is 0 Å². The molecule has 0 radical (unpaired) electrons. The average molecular weight is 763 g/mol. The highest BCUT2D eigenvalue weighted by molar-refractivity contribution is 5.98. The van der Waals surface area contributed by atoms with E-state index in [1.54, 1.807) is 6.33 Å². The second-order valence-corrected chi connectivity index (χ2v) is 17.6. The Morgan fingerprint density at radius 1 is 0.661 bits per heavy atom. The van der Waals surface area contributed by atoms with Gasteiger partial charge in [-0.15, -0.1) is 0 Å². The van der Waals surface area contributed by atoms with Gasteiger partial charge in [0.25, 0.3) is 0 Å². The number of carbonyl (C=O) groups is 1. The molecule has 2 N–H and O–H groups in total. The number of rotatable bonds is 8. The van der Waals surface area contributed by atoms with Crippen LogP contribution in [-0.2, 0) is 4.74 Å². The number of nitrogen functional groups attached to an aromatic ring is 1. The van der Waals surface area contributed by atoms with Crippen LogP contribution in [0.3, 0.4) is 0 Å². The van der Waals surface area contributed by atoms with Crippen LogP contribution in [0.4, 0.5) is 10.6 Å². The molecule has 2 aromatic carbocycles. The number of anilines is 1. The predicted octanol–water partition coefficient (Wildman–Crippen LogP) is 5.74. The summed E-state index contributed by atoms with van der Waals surface area (Å²) >= 11 is 0. The van der Waals surface area contributed by atoms with Crippen LogP contribution in [0.25, 0.3) is 22.3 Å². The quantitative estimate of drug-likeness (QED) is 0.237. The lowest BCUT2D eigenvalue weighted by molar-refractivity contribution is -0.0386. The van der Waals surface area contributed by atoms with E-state index < -0.39 is 5.60 Å². The van der Waals surface area contributed by atoms with Crippen molar-refractivity contribution in [2.24, 2.45) is 0 Å². The lowest BCUT2D eigenvalue weighted by atomic mass is 9.92. The number of likely N-dealkylation sites (tertiary alicyclic amines) is 5. The van der Waals surface area contributed by atoms with E-state index in [1.807, 2.05) is 80.3 Å². The van der Waals surface area contributed by atoms with E-state index in [-0.39, 0.29) is 12.1 Å². The summed E-state index contributed by atoms with van der Waals surface area (Å²) in [6, 6.07) is 20.7.